The lowest BCUT2D eigenvalue weighted by Crippen LogP contribution is -2.52. The number of likely N-dealkylation sites (tertiary alicyclic amines) is 1. The molecule has 1 saturated heterocycles. The van der Waals surface area contributed by atoms with E-state index in [2.05, 4.69) is 0 Å². The summed E-state index contributed by atoms with van der Waals surface area (Å²) in [6.45, 7) is 4.91. The number of amides is 2. The third kappa shape index (κ3) is 4.83. The lowest BCUT2D eigenvalue weighted by molar-refractivity contribution is -0.149. The second-order valence-electron chi connectivity index (χ2n) is 8.72. The van der Waals surface area contributed by atoms with Crippen molar-refractivity contribution in [3.8, 4) is 11.1 Å². The number of hydrogen-bond acceptors (Lipinski definition) is 5. The first kappa shape index (κ1) is 23.5. The first-order valence-corrected chi connectivity index (χ1v) is 11.7. The molecule has 0 aliphatic carbocycles. The Morgan fingerprint density at radius 2 is 1.91 bits per heavy atom. The molecule has 0 spiro atoms. The summed E-state index contributed by atoms with van der Waals surface area (Å²) in [7, 11) is 1.71. The Kier molecular flexibility index (Phi) is 7.01. The van der Waals surface area contributed by atoms with Crippen molar-refractivity contribution < 1.29 is 18.7 Å². The molecule has 0 N–H and O–H groups in total. The molecule has 2 aromatic carbocycles. The summed E-state index contributed by atoms with van der Waals surface area (Å²) in [5.41, 5.74) is 3.77. The van der Waals surface area contributed by atoms with E-state index in [0.29, 0.717) is 31.7 Å². The SMILES string of the molecule is CCOC(=O)C1CCCCN1C(=O)N(C)Cc1ccc2c(-c3ccccc3C)cc(=O)oc2c1. The Labute approximate surface area is 198 Å². The predicted molar refractivity (Wildman–Crippen MR) is 130 cm³/mol. The van der Waals surface area contributed by atoms with Gasteiger partial charge in [0.1, 0.15) is 11.6 Å². The van der Waals surface area contributed by atoms with Crippen LogP contribution < -0.4 is 5.63 Å². The minimum Gasteiger partial charge on any atom is -0.464 e. The zero-order valence-electron chi connectivity index (χ0n) is 19.9. The van der Waals surface area contributed by atoms with Crippen LogP contribution in [0.2, 0.25) is 0 Å². The number of aryl methyl sites for hydroxylation is 1. The van der Waals surface area contributed by atoms with E-state index < -0.39 is 11.7 Å². The van der Waals surface area contributed by atoms with Gasteiger partial charge >= 0.3 is 17.6 Å². The fourth-order valence-electron chi connectivity index (χ4n) is 4.61. The van der Waals surface area contributed by atoms with Crippen LogP contribution in [0.3, 0.4) is 0 Å². The highest BCUT2D eigenvalue weighted by Crippen LogP contribution is 2.30. The van der Waals surface area contributed by atoms with Gasteiger partial charge in [-0.1, -0.05) is 36.4 Å². The first-order valence-electron chi connectivity index (χ1n) is 11.7. The molecule has 2 amide bonds. The number of benzene rings is 2. The second-order valence-corrected chi connectivity index (χ2v) is 8.72. The van der Waals surface area contributed by atoms with Gasteiger partial charge in [0.15, 0.2) is 0 Å². The van der Waals surface area contributed by atoms with E-state index in [0.717, 1.165) is 40.5 Å². The summed E-state index contributed by atoms with van der Waals surface area (Å²) in [5.74, 6) is -0.347. The maximum atomic E-state index is 13.2. The average Bonchev–Trinajstić information content (AvgIpc) is 2.83. The number of piperidine rings is 1. The quantitative estimate of drug-likeness (QED) is 0.404. The maximum absolute atomic E-state index is 13.2. The van der Waals surface area contributed by atoms with Crippen LogP contribution in [0, 0.1) is 6.92 Å². The average molecular weight is 463 g/mol. The predicted octanol–water partition coefficient (Wildman–Crippen LogP) is 4.74. The van der Waals surface area contributed by atoms with Crippen LogP contribution in [0.4, 0.5) is 4.79 Å². The number of carbonyl (C=O) groups excluding carboxylic acids is 2. The Morgan fingerprint density at radius 3 is 2.68 bits per heavy atom. The van der Waals surface area contributed by atoms with Crippen molar-refractivity contribution in [1.82, 2.24) is 9.80 Å². The molecule has 0 radical (unpaired) electrons. The monoisotopic (exact) mass is 462 g/mol. The van der Waals surface area contributed by atoms with E-state index in [9.17, 15) is 14.4 Å². The van der Waals surface area contributed by atoms with Crippen LogP contribution in [0.25, 0.3) is 22.1 Å². The molecule has 1 aliphatic rings. The van der Waals surface area contributed by atoms with Gasteiger partial charge in [0.25, 0.3) is 0 Å². The van der Waals surface area contributed by atoms with Gasteiger partial charge in [0, 0.05) is 37.2 Å². The van der Waals surface area contributed by atoms with Crippen LogP contribution in [0.15, 0.2) is 57.7 Å². The molecular formula is C27H30N2O5. The second kappa shape index (κ2) is 10.1. The lowest BCUT2D eigenvalue weighted by atomic mass is 9.97. The molecule has 1 atom stereocenters. The van der Waals surface area contributed by atoms with Gasteiger partial charge in [0.05, 0.1) is 6.61 Å². The summed E-state index contributed by atoms with van der Waals surface area (Å²) >= 11 is 0. The Morgan fingerprint density at radius 1 is 1.12 bits per heavy atom. The molecular weight excluding hydrogens is 432 g/mol. The number of rotatable bonds is 5. The Hall–Kier alpha value is -3.61. The van der Waals surface area contributed by atoms with Crippen molar-refractivity contribution in [1.29, 1.82) is 0 Å². The molecule has 0 saturated carbocycles. The van der Waals surface area contributed by atoms with Gasteiger partial charge in [-0.05, 0) is 55.9 Å². The summed E-state index contributed by atoms with van der Waals surface area (Å²) in [5, 5.41) is 0.838. The highest BCUT2D eigenvalue weighted by molar-refractivity contribution is 5.94. The standard InChI is InChI=1S/C27H30N2O5/c1-4-33-26(31)23-11-7-8-14-29(23)27(32)28(3)17-19-12-13-21-22(16-25(30)34-24(21)15-19)20-10-6-5-9-18(20)2/h5-6,9-10,12-13,15-16,23H,4,7-8,11,14,17H2,1-3H3. The molecule has 1 aromatic heterocycles. The topological polar surface area (TPSA) is 80.1 Å². The van der Waals surface area contributed by atoms with Crippen LogP contribution in [0.1, 0.15) is 37.3 Å². The van der Waals surface area contributed by atoms with E-state index in [1.807, 2.05) is 43.3 Å². The summed E-state index contributed by atoms with van der Waals surface area (Å²) in [6, 6.07) is 14.3. The largest absolute Gasteiger partial charge is 0.464 e. The van der Waals surface area contributed by atoms with E-state index in [1.54, 1.807) is 29.8 Å². The summed E-state index contributed by atoms with van der Waals surface area (Å²) < 4.78 is 10.7. The van der Waals surface area contributed by atoms with Crippen molar-refractivity contribution in [2.75, 3.05) is 20.2 Å². The van der Waals surface area contributed by atoms with E-state index >= 15 is 0 Å². The van der Waals surface area contributed by atoms with Crippen molar-refractivity contribution >= 4 is 23.0 Å². The van der Waals surface area contributed by atoms with Crippen LogP contribution >= 0.6 is 0 Å². The minimum absolute atomic E-state index is 0.215. The first-order chi connectivity index (χ1) is 16.4. The number of ether oxygens (including phenoxy) is 1. The summed E-state index contributed by atoms with van der Waals surface area (Å²) in [4.78, 5) is 41.1. The number of nitrogens with zero attached hydrogens (tertiary/aromatic N) is 2. The van der Waals surface area contributed by atoms with Crippen molar-refractivity contribution in [3.63, 3.8) is 0 Å². The molecule has 178 valence electrons. The summed E-state index contributed by atoms with van der Waals surface area (Å²) in [6.07, 6.45) is 2.36. The molecule has 1 unspecified atom stereocenters. The Balaban J connectivity index is 1.58. The van der Waals surface area contributed by atoms with Gasteiger partial charge in [-0.2, -0.15) is 0 Å². The highest BCUT2D eigenvalue weighted by Gasteiger charge is 2.34. The van der Waals surface area contributed by atoms with Gasteiger partial charge in [-0.25, -0.2) is 14.4 Å². The highest BCUT2D eigenvalue weighted by atomic mass is 16.5. The smallest absolute Gasteiger partial charge is 0.336 e. The molecule has 1 fully saturated rings. The lowest BCUT2D eigenvalue weighted by Gasteiger charge is -2.36. The molecule has 7 nitrogen and oxygen atoms in total. The van der Waals surface area contributed by atoms with Crippen molar-refractivity contribution in [3.05, 3.63) is 70.1 Å². The maximum Gasteiger partial charge on any atom is 0.336 e. The van der Waals surface area contributed by atoms with E-state index in [4.69, 9.17) is 9.15 Å². The third-order valence-electron chi connectivity index (χ3n) is 6.30. The molecule has 1 aliphatic heterocycles. The normalized spacial score (nSPS) is 15.9. The minimum atomic E-state index is -0.546. The van der Waals surface area contributed by atoms with E-state index in [1.165, 1.54) is 6.07 Å². The van der Waals surface area contributed by atoms with Crippen LogP contribution in [-0.4, -0.2) is 48.0 Å². The molecule has 34 heavy (non-hydrogen) atoms. The fourth-order valence-corrected chi connectivity index (χ4v) is 4.61. The number of esters is 1. The van der Waals surface area contributed by atoms with Gasteiger partial charge < -0.3 is 19.0 Å². The van der Waals surface area contributed by atoms with Crippen molar-refractivity contribution in [2.24, 2.45) is 0 Å². The molecule has 3 aromatic rings. The zero-order valence-corrected chi connectivity index (χ0v) is 19.9. The van der Waals surface area contributed by atoms with Crippen LogP contribution in [-0.2, 0) is 16.1 Å². The number of fused-ring (bicyclic) bond motifs is 1. The third-order valence-corrected chi connectivity index (χ3v) is 6.30. The van der Waals surface area contributed by atoms with Gasteiger partial charge in [-0.3, -0.25) is 0 Å². The van der Waals surface area contributed by atoms with E-state index in [-0.39, 0.29) is 12.0 Å². The number of carbonyl (C=O) groups is 2. The molecule has 2 heterocycles. The van der Waals surface area contributed by atoms with Gasteiger partial charge in [-0.15, -0.1) is 0 Å². The molecule has 0 bridgehead atoms. The number of urea groups is 1. The molecule has 4 rings (SSSR count). The zero-order chi connectivity index (χ0) is 24.2. The Bertz CT molecular complexity index is 1270. The van der Waals surface area contributed by atoms with Gasteiger partial charge in [0.2, 0.25) is 0 Å². The fraction of sp³-hybridized carbons (Fsp3) is 0.370. The van der Waals surface area contributed by atoms with Crippen molar-refractivity contribution in [2.45, 2.75) is 45.7 Å². The number of hydrogen-bond donors (Lipinski definition) is 0. The van der Waals surface area contributed by atoms with Crippen LogP contribution in [0.5, 0.6) is 0 Å². The molecule has 7 heteroatoms.